The van der Waals surface area contributed by atoms with Crippen molar-refractivity contribution < 1.29 is 32.9 Å². The summed E-state index contributed by atoms with van der Waals surface area (Å²) in [6.07, 6.45) is 4.16. The Balaban J connectivity index is 1.54. The average Bonchev–Trinajstić information content (AvgIpc) is 2.75. The number of nitrogens with zero attached hydrogens (tertiary/aromatic N) is 2. The van der Waals surface area contributed by atoms with Crippen LogP contribution in [0.5, 0.6) is 5.75 Å². The largest absolute Gasteiger partial charge is 0.489 e. The van der Waals surface area contributed by atoms with Gasteiger partial charge in [0.25, 0.3) is 0 Å². The van der Waals surface area contributed by atoms with Gasteiger partial charge in [-0.25, -0.2) is 18.2 Å². The molecular weight excluding hydrogens is 436 g/mol. The second-order valence-electron chi connectivity index (χ2n) is 9.04. The fourth-order valence-corrected chi connectivity index (χ4v) is 5.17. The van der Waals surface area contributed by atoms with Gasteiger partial charge in [0.2, 0.25) is 0 Å². The number of aliphatic hydroxyl groups excluding tert-OH is 1. The van der Waals surface area contributed by atoms with Crippen molar-refractivity contribution in [3.05, 3.63) is 17.8 Å². The highest BCUT2D eigenvalue weighted by Gasteiger charge is 2.37. The number of piperidine rings is 1. The minimum absolute atomic E-state index is 0.00404. The van der Waals surface area contributed by atoms with Crippen LogP contribution >= 0.6 is 0 Å². The zero-order chi connectivity index (χ0) is 23.5. The molecule has 0 radical (unpaired) electrons. The molecule has 9 nitrogen and oxygen atoms in total. The molecule has 3 atom stereocenters. The normalized spacial score (nSPS) is 27.7. The lowest BCUT2D eigenvalue weighted by Gasteiger charge is -2.42. The number of aryl methyl sites for hydroxylation is 1. The number of ether oxygens (including phenoxy) is 2. The van der Waals surface area contributed by atoms with Crippen molar-refractivity contribution in [2.45, 2.75) is 69.3 Å². The molecule has 10 heteroatoms. The highest BCUT2D eigenvalue weighted by Crippen LogP contribution is 2.32. The molecule has 1 aliphatic heterocycles. The maximum atomic E-state index is 11.7. The van der Waals surface area contributed by atoms with Gasteiger partial charge in [0, 0.05) is 31.9 Å². The van der Waals surface area contributed by atoms with Gasteiger partial charge >= 0.3 is 6.09 Å². The van der Waals surface area contributed by atoms with E-state index in [-0.39, 0.29) is 41.8 Å². The van der Waals surface area contributed by atoms with E-state index >= 15 is 0 Å². The maximum absolute atomic E-state index is 11.7. The van der Waals surface area contributed by atoms with Crippen LogP contribution in [-0.4, -0.2) is 78.9 Å². The fourth-order valence-electron chi connectivity index (χ4n) is 4.55. The number of likely N-dealkylation sites (tertiary alicyclic amines) is 1. The number of hydrogen-bond acceptors (Lipinski definition) is 7. The highest BCUT2D eigenvalue weighted by atomic mass is 32.2. The van der Waals surface area contributed by atoms with E-state index in [2.05, 4.69) is 4.98 Å². The molecule has 180 valence electrons. The molecular formula is C22H34N2O7S. The van der Waals surface area contributed by atoms with Crippen LogP contribution in [0.4, 0.5) is 4.79 Å². The molecule has 1 saturated heterocycles. The van der Waals surface area contributed by atoms with Crippen molar-refractivity contribution >= 4 is 15.9 Å². The van der Waals surface area contributed by atoms with Crippen molar-refractivity contribution in [1.82, 2.24) is 9.88 Å². The Morgan fingerprint density at radius 3 is 2.44 bits per heavy atom. The van der Waals surface area contributed by atoms with E-state index in [9.17, 15) is 23.4 Å². The summed E-state index contributed by atoms with van der Waals surface area (Å²) in [5.41, 5.74) is 0.553. The van der Waals surface area contributed by atoms with Crippen LogP contribution in [0.25, 0.3) is 0 Å². The minimum atomic E-state index is -3.35. The summed E-state index contributed by atoms with van der Waals surface area (Å²) >= 11 is 0. The quantitative estimate of drug-likeness (QED) is 0.622. The number of amides is 1. The lowest BCUT2D eigenvalue weighted by atomic mass is 9.84. The van der Waals surface area contributed by atoms with Gasteiger partial charge in [0.15, 0.2) is 14.9 Å². The third kappa shape index (κ3) is 6.11. The van der Waals surface area contributed by atoms with Crippen molar-refractivity contribution in [1.29, 1.82) is 0 Å². The Kier molecular flexibility index (Phi) is 8.00. The number of aromatic nitrogens is 1. The Hall–Kier alpha value is -1.91. The predicted molar refractivity (Wildman–Crippen MR) is 118 cm³/mol. The predicted octanol–water partition coefficient (Wildman–Crippen LogP) is 2.50. The molecule has 2 heterocycles. The van der Waals surface area contributed by atoms with Crippen LogP contribution in [0.15, 0.2) is 17.2 Å². The van der Waals surface area contributed by atoms with E-state index in [0.29, 0.717) is 31.0 Å². The highest BCUT2D eigenvalue weighted by molar-refractivity contribution is 7.90. The smallest absolute Gasteiger partial charge is 0.407 e. The molecule has 1 saturated carbocycles. The number of carbonyl (C=O) groups is 1. The summed E-state index contributed by atoms with van der Waals surface area (Å²) in [4.78, 5) is 16.9. The maximum Gasteiger partial charge on any atom is 0.407 e. The number of carboxylic acid groups (broad SMARTS) is 1. The molecule has 0 aromatic carbocycles. The first kappa shape index (κ1) is 24.7. The van der Waals surface area contributed by atoms with Crippen LogP contribution in [-0.2, 0) is 14.6 Å². The van der Waals surface area contributed by atoms with Gasteiger partial charge < -0.3 is 24.6 Å². The third-order valence-electron chi connectivity index (χ3n) is 6.56. The number of rotatable bonds is 7. The number of sulfone groups is 1. The lowest BCUT2D eigenvalue weighted by molar-refractivity contribution is -0.104. The monoisotopic (exact) mass is 470 g/mol. The molecule has 2 aliphatic rings. The van der Waals surface area contributed by atoms with E-state index in [1.807, 2.05) is 6.92 Å². The SMILES string of the molecule is Cc1nc(S(C)(=O)=O)ccc1OC1CCC(OC2CCN(C(=O)O)CC2C(C)CO)CC1. The van der Waals surface area contributed by atoms with Crippen LogP contribution < -0.4 is 4.74 Å². The molecule has 2 N–H and O–H groups in total. The molecule has 0 spiro atoms. The zero-order valence-electron chi connectivity index (χ0n) is 18.9. The zero-order valence-corrected chi connectivity index (χ0v) is 19.8. The summed E-state index contributed by atoms with van der Waals surface area (Å²) in [6, 6.07) is 3.14. The molecule has 3 rings (SSSR count). The minimum Gasteiger partial charge on any atom is -0.489 e. The standard InChI is InChI=1S/C22H34N2O7S/c1-14(13-25)18-12-24(22(26)27)11-10-20(18)31-17-6-4-16(5-7-17)30-19-8-9-21(23-15(19)2)32(3,28)29/h8-9,14,16-18,20,25H,4-7,10-13H2,1-3H3,(H,26,27). The molecule has 1 aromatic rings. The first-order chi connectivity index (χ1) is 15.1. The van der Waals surface area contributed by atoms with Gasteiger partial charge in [-0.3, -0.25) is 0 Å². The summed E-state index contributed by atoms with van der Waals surface area (Å²) in [5, 5.41) is 19.0. The number of hydrogen-bond donors (Lipinski definition) is 2. The molecule has 1 aliphatic carbocycles. The molecule has 3 unspecified atom stereocenters. The van der Waals surface area contributed by atoms with Crippen molar-refractivity contribution in [3.63, 3.8) is 0 Å². The van der Waals surface area contributed by atoms with Crippen LogP contribution in [0.3, 0.4) is 0 Å². The fraction of sp³-hybridized carbons (Fsp3) is 0.727. The Labute approximate surface area is 189 Å². The van der Waals surface area contributed by atoms with Crippen LogP contribution in [0.2, 0.25) is 0 Å². The summed E-state index contributed by atoms with van der Waals surface area (Å²) < 4.78 is 35.8. The van der Waals surface area contributed by atoms with E-state index in [1.54, 1.807) is 13.0 Å². The van der Waals surface area contributed by atoms with Crippen molar-refractivity contribution in [2.24, 2.45) is 11.8 Å². The van der Waals surface area contributed by atoms with Gasteiger partial charge in [-0.2, -0.15) is 0 Å². The van der Waals surface area contributed by atoms with Gasteiger partial charge in [-0.05, 0) is 57.1 Å². The van der Waals surface area contributed by atoms with Gasteiger partial charge in [-0.1, -0.05) is 6.92 Å². The summed E-state index contributed by atoms with van der Waals surface area (Å²) in [7, 11) is -3.35. The molecule has 0 bridgehead atoms. The first-order valence-corrected chi connectivity index (χ1v) is 13.1. The van der Waals surface area contributed by atoms with Crippen LogP contribution in [0.1, 0.15) is 44.7 Å². The molecule has 1 aromatic heterocycles. The van der Waals surface area contributed by atoms with E-state index in [4.69, 9.17) is 9.47 Å². The summed E-state index contributed by atoms with van der Waals surface area (Å²) in [6.45, 7) is 4.51. The number of aliphatic hydroxyl groups is 1. The van der Waals surface area contributed by atoms with Gasteiger partial charge in [-0.15, -0.1) is 0 Å². The summed E-state index contributed by atoms with van der Waals surface area (Å²) in [5.74, 6) is 0.535. The van der Waals surface area contributed by atoms with E-state index < -0.39 is 15.9 Å². The van der Waals surface area contributed by atoms with Gasteiger partial charge in [0.1, 0.15) is 5.75 Å². The van der Waals surface area contributed by atoms with Gasteiger partial charge in [0.05, 0.1) is 24.0 Å². The number of pyridine rings is 1. The Morgan fingerprint density at radius 2 is 1.88 bits per heavy atom. The second-order valence-corrected chi connectivity index (χ2v) is 11.0. The Morgan fingerprint density at radius 1 is 1.22 bits per heavy atom. The molecule has 1 amide bonds. The topological polar surface area (TPSA) is 126 Å². The van der Waals surface area contributed by atoms with E-state index in [0.717, 1.165) is 31.9 Å². The Bertz CT molecular complexity index is 900. The lowest BCUT2D eigenvalue weighted by Crippen LogP contribution is -2.50. The first-order valence-electron chi connectivity index (χ1n) is 11.2. The average molecular weight is 471 g/mol. The second kappa shape index (κ2) is 10.4. The van der Waals surface area contributed by atoms with Crippen LogP contribution in [0, 0.1) is 18.8 Å². The third-order valence-corrected chi connectivity index (χ3v) is 7.54. The van der Waals surface area contributed by atoms with E-state index in [1.165, 1.54) is 11.0 Å². The molecule has 2 fully saturated rings. The van der Waals surface area contributed by atoms with Crippen molar-refractivity contribution in [3.8, 4) is 5.75 Å². The van der Waals surface area contributed by atoms with Crippen molar-refractivity contribution in [2.75, 3.05) is 26.0 Å². The molecule has 32 heavy (non-hydrogen) atoms.